The molecule has 5 nitrogen and oxygen atoms in total. The van der Waals surface area contributed by atoms with Crippen molar-refractivity contribution < 1.29 is 4.74 Å². The summed E-state index contributed by atoms with van der Waals surface area (Å²) in [5.74, 6) is 0.891. The van der Waals surface area contributed by atoms with Crippen LogP contribution < -0.4 is 15.7 Å². The van der Waals surface area contributed by atoms with Crippen molar-refractivity contribution in [3.8, 4) is 5.75 Å². The zero-order chi connectivity index (χ0) is 18.1. The third kappa shape index (κ3) is 3.16. The van der Waals surface area contributed by atoms with E-state index in [0.29, 0.717) is 6.54 Å². The van der Waals surface area contributed by atoms with E-state index in [1.165, 1.54) is 10.8 Å². The van der Waals surface area contributed by atoms with Gasteiger partial charge in [0.05, 0.1) is 17.1 Å². The second-order valence-corrected chi connectivity index (χ2v) is 6.62. The Hall–Kier alpha value is -3.21. The topological polar surface area (TPSA) is 69.9 Å². The average Bonchev–Trinajstić information content (AvgIpc) is 2.99. The van der Waals surface area contributed by atoms with Crippen molar-refractivity contribution in [2.24, 2.45) is 0 Å². The Balaban J connectivity index is 1.69. The quantitative estimate of drug-likeness (QED) is 0.501. The van der Waals surface area contributed by atoms with E-state index < -0.39 is 0 Å². The second kappa shape index (κ2) is 6.59. The summed E-state index contributed by atoms with van der Waals surface area (Å²) in [4.78, 5) is 17.0. The van der Waals surface area contributed by atoms with Gasteiger partial charge in [0.2, 0.25) is 0 Å². The van der Waals surface area contributed by atoms with Crippen molar-refractivity contribution in [1.82, 2.24) is 9.97 Å². The highest BCUT2D eigenvalue weighted by Gasteiger charge is 2.10. The number of ether oxygens (including phenoxy) is 1. The maximum absolute atomic E-state index is 11.4. The molecule has 0 aliphatic heterocycles. The summed E-state index contributed by atoms with van der Waals surface area (Å²) in [6.07, 6.45) is 0.108. The number of rotatable bonds is 5. The molecule has 0 atom stereocenters. The van der Waals surface area contributed by atoms with Gasteiger partial charge in [-0.05, 0) is 48.9 Å². The van der Waals surface area contributed by atoms with Gasteiger partial charge in [-0.3, -0.25) is 0 Å². The van der Waals surface area contributed by atoms with Crippen LogP contribution >= 0.6 is 0 Å². The largest absolute Gasteiger partial charge is 0.491 e. The molecule has 0 aliphatic carbocycles. The van der Waals surface area contributed by atoms with Crippen molar-refractivity contribution in [3.63, 3.8) is 0 Å². The molecule has 0 amide bonds. The number of imidazole rings is 1. The molecule has 4 rings (SSSR count). The predicted octanol–water partition coefficient (Wildman–Crippen LogP) is 4.41. The van der Waals surface area contributed by atoms with Gasteiger partial charge in [0, 0.05) is 17.8 Å². The number of hydrogen-bond donors (Lipinski definition) is 3. The molecular formula is C21H21N3O2. The predicted molar refractivity (Wildman–Crippen MR) is 106 cm³/mol. The maximum atomic E-state index is 11.4. The number of H-pyrrole nitrogens is 2. The van der Waals surface area contributed by atoms with Crippen LogP contribution in [0.25, 0.3) is 21.8 Å². The Morgan fingerprint density at radius 1 is 1.00 bits per heavy atom. The number of anilines is 1. The lowest BCUT2D eigenvalue weighted by Gasteiger charge is -2.17. The highest BCUT2D eigenvalue weighted by Crippen LogP contribution is 2.30. The summed E-state index contributed by atoms with van der Waals surface area (Å²) in [6, 6.07) is 18.2. The number of benzene rings is 3. The number of hydrogen-bond acceptors (Lipinski definition) is 3. The maximum Gasteiger partial charge on any atom is 0.323 e. The Bertz CT molecular complexity index is 1120. The molecule has 0 aliphatic rings. The molecule has 3 N–H and O–H groups in total. The highest BCUT2D eigenvalue weighted by molar-refractivity contribution is 5.88. The molecule has 1 aromatic heterocycles. The monoisotopic (exact) mass is 347 g/mol. The zero-order valence-corrected chi connectivity index (χ0v) is 14.8. The highest BCUT2D eigenvalue weighted by atomic mass is 16.5. The Morgan fingerprint density at radius 2 is 1.81 bits per heavy atom. The molecule has 1 heterocycles. The molecule has 0 radical (unpaired) electrons. The van der Waals surface area contributed by atoms with Gasteiger partial charge in [-0.1, -0.05) is 30.3 Å². The van der Waals surface area contributed by atoms with Crippen molar-refractivity contribution in [2.45, 2.75) is 26.5 Å². The average molecular weight is 347 g/mol. The van der Waals surface area contributed by atoms with E-state index in [2.05, 4.69) is 33.5 Å². The summed E-state index contributed by atoms with van der Waals surface area (Å²) in [5.41, 5.74) is 3.46. The Kier molecular flexibility index (Phi) is 4.13. The zero-order valence-electron chi connectivity index (χ0n) is 14.8. The minimum absolute atomic E-state index is 0.108. The molecule has 4 aromatic rings. The van der Waals surface area contributed by atoms with E-state index in [4.69, 9.17) is 4.74 Å². The fourth-order valence-corrected chi connectivity index (χ4v) is 3.20. The standard InChI is InChI=1S/C21H21N3O2/c1-13(2)26-20-10-7-14-5-3-4-6-16(14)17(20)12-22-15-8-9-18-19(11-15)24-21(25)23-18/h3-11,13,22H,12H2,1-2H3,(H2,23,24,25). The van der Waals surface area contributed by atoms with Gasteiger partial charge in [-0.2, -0.15) is 0 Å². The Morgan fingerprint density at radius 3 is 2.65 bits per heavy atom. The third-order valence-electron chi connectivity index (χ3n) is 4.35. The summed E-state index contributed by atoms with van der Waals surface area (Å²) in [6.45, 7) is 4.69. The van der Waals surface area contributed by atoms with E-state index in [0.717, 1.165) is 28.0 Å². The number of aromatic nitrogens is 2. The number of fused-ring (bicyclic) bond motifs is 2. The lowest BCUT2D eigenvalue weighted by atomic mass is 10.0. The lowest BCUT2D eigenvalue weighted by molar-refractivity contribution is 0.240. The van der Waals surface area contributed by atoms with E-state index in [-0.39, 0.29) is 11.8 Å². The first-order chi connectivity index (χ1) is 12.6. The van der Waals surface area contributed by atoms with Gasteiger partial charge in [0.25, 0.3) is 0 Å². The van der Waals surface area contributed by atoms with Crippen LogP contribution in [0.15, 0.2) is 59.4 Å². The Labute approximate surface area is 151 Å². The van der Waals surface area contributed by atoms with Crippen LogP contribution in [0.4, 0.5) is 5.69 Å². The first-order valence-corrected chi connectivity index (χ1v) is 8.73. The van der Waals surface area contributed by atoms with Crippen LogP contribution in [0.3, 0.4) is 0 Å². The van der Waals surface area contributed by atoms with E-state index in [1.54, 1.807) is 0 Å². The summed E-state index contributed by atoms with van der Waals surface area (Å²) in [5, 5.41) is 5.81. The van der Waals surface area contributed by atoms with Crippen LogP contribution in [0.2, 0.25) is 0 Å². The molecule has 5 heteroatoms. The molecular weight excluding hydrogens is 326 g/mol. The molecule has 132 valence electrons. The van der Waals surface area contributed by atoms with Gasteiger partial charge in [-0.15, -0.1) is 0 Å². The van der Waals surface area contributed by atoms with Crippen molar-refractivity contribution in [3.05, 3.63) is 70.6 Å². The van der Waals surface area contributed by atoms with Crippen molar-refractivity contribution >= 4 is 27.5 Å². The second-order valence-electron chi connectivity index (χ2n) is 6.62. The van der Waals surface area contributed by atoms with E-state index in [1.807, 2.05) is 50.2 Å². The normalized spacial score (nSPS) is 11.3. The smallest absolute Gasteiger partial charge is 0.323 e. The van der Waals surface area contributed by atoms with Crippen LogP contribution in [0.5, 0.6) is 5.75 Å². The molecule has 0 saturated heterocycles. The summed E-state index contributed by atoms with van der Waals surface area (Å²) >= 11 is 0. The van der Waals surface area contributed by atoms with E-state index >= 15 is 0 Å². The van der Waals surface area contributed by atoms with Crippen LogP contribution in [-0.4, -0.2) is 16.1 Å². The first-order valence-electron chi connectivity index (χ1n) is 8.73. The minimum Gasteiger partial charge on any atom is -0.491 e. The fourth-order valence-electron chi connectivity index (χ4n) is 3.20. The first kappa shape index (κ1) is 16.3. The van der Waals surface area contributed by atoms with Gasteiger partial charge in [0.15, 0.2) is 0 Å². The molecule has 0 saturated carbocycles. The third-order valence-corrected chi connectivity index (χ3v) is 4.35. The molecule has 0 spiro atoms. The summed E-state index contributed by atoms with van der Waals surface area (Å²) in [7, 11) is 0. The van der Waals surface area contributed by atoms with Gasteiger partial charge >= 0.3 is 5.69 Å². The summed E-state index contributed by atoms with van der Waals surface area (Å²) < 4.78 is 6.02. The van der Waals surface area contributed by atoms with Gasteiger partial charge in [0.1, 0.15) is 5.75 Å². The minimum atomic E-state index is -0.196. The van der Waals surface area contributed by atoms with Gasteiger partial charge < -0.3 is 20.0 Å². The lowest BCUT2D eigenvalue weighted by Crippen LogP contribution is -2.10. The van der Waals surface area contributed by atoms with Crippen molar-refractivity contribution in [2.75, 3.05) is 5.32 Å². The molecule has 3 aromatic carbocycles. The fraction of sp³-hybridized carbons (Fsp3) is 0.190. The molecule has 0 fully saturated rings. The number of aromatic amines is 2. The molecule has 0 unspecified atom stereocenters. The van der Waals surface area contributed by atoms with Crippen LogP contribution in [-0.2, 0) is 6.54 Å². The number of nitrogens with one attached hydrogen (secondary N) is 3. The van der Waals surface area contributed by atoms with Gasteiger partial charge in [-0.25, -0.2) is 4.79 Å². The van der Waals surface area contributed by atoms with E-state index in [9.17, 15) is 4.79 Å². The SMILES string of the molecule is CC(C)Oc1ccc2ccccc2c1CNc1ccc2[nH]c(=O)[nH]c2c1. The molecule has 26 heavy (non-hydrogen) atoms. The van der Waals surface area contributed by atoms with Crippen LogP contribution in [0, 0.1) is 0 Å². The van der Waals surface area contributed by atoms with Crippen LogP contribution in [0.1, 0.15) is 19.4 Å². The molecule has 0 bridgehead atoms. The van der Waals surface area contributed by atoms with Crippen molar-refractivity contribution in [1.29, 1.82) is 0 Å².